The van der Waals surface area contributed by atoms with Crippen molar-refractivity contribution in [2.45, 2.75) is 161 Å². The number of nitrogens with zero attached hydrogens (tertiary/aromatic N) is 4. The van der Waals surface area contributed by atoms with Crippen molar-refractivity contribution >= 4 is 52.3 Å². The first kappa shape index (κ1) is 66.3. The predicted molar refractivity (Wildman–Crippen MR) is 230 cm³/mol. The van der Waals surface area contributed by atoms with Gasteiger partial charge in [-0.1, -0.05) is 104 Å². The van der Waals surface area contributed by atoms with E-state index in [0.717, 1.165) is 36.5 Å². The number of carbonyl (C=O) groups is 2. The second-order valence-electron chi connectivity index (χ2n) is 16.5. The van der Waals surface area contributed by atoms with Crippen LogP contribution in [0.15, 0.2) is 12.7 Å². The summed E-state index contributed by atoms with van der Waals surface area (Å²) >= 11 is 0. The second kappa shape index (κ2) is 32.4. The van der Waals surface area contributed by atoms with E-state index in [4.69, 9.17) is 24.3 Å². The Morgan fingerprint density at radius 3 is 2.03 bits per heavy atom. The average molecular weight is 997 g/mol. The summed E-state index contributed by atoms with van der Waals surface area (Å²) in [5.41, 5.74) is 4.31. The Hall–Kier alpha value is -0.708. The Kier molecular flexibility index (Phi) is 32.0. The van der Waals surface area contributed by atoms with Gasteiger partial charge in [0.1, 0.15) is 43.0 Å². The number of aliphatic hydroxyl groups excluding tert-OH is 2. The molecule has 0 spiro atoms. The van der Waals surface area contributed by atoms with Crippen molar-refractivity contribution in [1.82, 2.24) is 30.2 Å². The molecule has 67 heavy (non-hydrogen) atoms. The van der Waals surface area contributed by atoms with Crippen molar-refractivity contribution in [2.24, 2.45) is 5.41 Å². The number of aromatic nitrogens is 4. The molecule has 0 aliphatic carbocycles. The first-order valence-electron chi connectivity index (χ1n) is 21.6. The van der Waals surface area contributed by atoms with Crippen LogP contribution in [0.4, 0.5) is 5.82 Å². The standard InChI is InChI=1S/C37H68N7O17P3.3Li/c1-5-6-7-8-9-10-11-12-13-14-15-16-17-18-26(2)56-25-43-28(45)19-20-39-35(48)32(47)37(3,4)22-58-64(54,55)61-63(52,53)57-21-27-31(60-62(49,50)51)30(46)36(59-27)44-24-42-29-33(38)40-23-41-34(29)44;;;/h23-24,26-27,30-32,36,46-47H,5-22,25H2,1-4H3,(H,39,48)(H,43,45)(H,52,53)(H,54,55)(H2,38,40,41)(H2,49,50,51);;;/q;3*+1/t26?,27-,30-,31-,32+,36-;;;/m1.../s1. The van der Waals surface area contributed by atoms with Gasteiger partial charge in [0.15, 0.2) is 17.7 Å². The minimum Gasteiger partial charge on any atom is -0.386 e. The van der Waals surface area contributed by atoms with Gasteiger partial charge < -0.3 is 55.6 Å². The van der Waals surface area contributed by atoms with Crippen molar-refractivity contribution in [1.29, 1.82) is 0 Å². The van der Waals surface area contributed by atoms with Crippen molar-refractivity contribution in [3.8, 4) is 0 Å². The topological polar surface area (TPSA) is 356 Å². The number of unbranched alkanes of at least 4 members (excludes halogenated alkanes) is 12. The van der Waals surface area contributed by atoms with E-state index in [1.54, 1.807) is 0 Å². The maximum Gasteiger partial charge on any atom is 1.00 e. The molecular formula is C37H68Li3N7O17P3+3. The van der Waals surface area contributed by atoms with Gasteiger partial charge in [0.2, 0.25) is 11.8 Å². The van der Waals surface area contributed by atoms with E-state index in [1.165, 1.54) is 84.5 Å². The van der Waals surface area contributed by atoms with E-state index in [0.29, 0.717) is 0 Å². The van der Waals surface area contributed by atoms with Crippen LogP contribution in [0.25, 0.3) is 11.2 Å². The third-order valence-electron chi connectivity index (χ3n) is 10.4. The summed E-state index contributed by atoms with van der Waals surface area (Å²) in [4.78, 5) is 76.1. The van der Waals surface area contributed by atoms with Crippen LogP contribution >= 0.6 is 23.5 Å². The number of rotatable bonds is 33. The Bertz CT molecular complexity index is 1910. The molecule has 2 amide bonds. The quantitative estimate of drug-likeness (QED) is 0.0140. The van der Waals surface area contributed by atoms with Crippen molar-refractivity contribution < 1.29 is 137 Å². The summed E-state index contributed by atoms with van der Waals surface area (Å²) in [6.45, 7) is 4.57. The number of imidazole rings is 1. The van der Waals surface area contributed by atoms with Gasteiger partial charge in [-0.25, -0.2) is 28.6 Å². The SMILES string of the molecule is CCCCCCCCCCCCCCCC(C)OCNC(=O)CCNC(=O)[C@H](O)C(C)(C)COP(=O)(O)OP(=O)(O)OC[C@H]1O[C@@H](n2cnc3c(N)ncnc32)[C@H](O)[C@@H]1OP(=O)(O)O.[Li+].[Li+].[Li+]. The van der Waals surface area contributed by atoms with E-state index in [-0.39, 0.29) is 99.4 Å². The molecule has 30 heteroatoms. The Morgan fingerprint density at radius 2 is 1.45 bits per heavy atom. The summed E-state index contributed by atoms with van der Waals surface area (Å²) in [6.07, 6.45) is 10.5. The maximum atomic E-state index is 12.7. The van der Waals surface area contributed by atoms with Crippen LogP contribution in [0.3, 0.4) is 0 Å². The fourth-order valence-electron chi connectivity index (χ4n) is 6.74. The molecule has 1 fully saturated rings. The number of amides is 2. The van der Waals surface area contributed by atoms with Crippen LogP contribution in [-0.2, 0) is 50.6 Å². The van der Waals surface area contributed by atoms with E-state index in [2.05, 4.69) is 41.3 Å². The Labute approximate surface area is 428 Å². The minimum atomic E-state index is -5.56. The zero-order valence-corrected chi connectivity index (χ0v) is 42.6. The summed E-state index contributed by atoms with van der Waals surface area (Å²) in [5, 5.41) is 26.6. The Balaban J connectivity index is 0.0000145. The molecule has 3 heterocycles. The summed E-state index contributed by atoms with van der Waals surface area (Å²) in [7, 11) is -16.4. The number of nitrogen functional groups attached to an aromatic ring is 1. The van der Waals surface area contributed by atoms with Gasteiger partial charge in [0.05, 0.1) is 25.6 Å². The fraction of sp³-hybridized carbons (Fsp3) is 0.811. The average Bonchev–Trinajstić information content (AvgIpc) is 3.77. The van der Waals surface area contributed by atoms with E-state index >= 15 is 0 Å². The van der Waals surface area contributed by atoms with Crippen molar-refractivity contribution in [3.05, 3.63) is 12.7 Å². The summed E-state index contributed by atoms with van der Waals surface area (Å²) in [6, 6.07) is 0. The number of hydrogen-bond acceptors (Lipinski definition) is 17. The van der Waals surface area contributed by atoms with E-state index in [1.807, 2.05) is 6.92 Å². The molecule has 10 N–H and O–H groups in total. The van der Waals surface area contributed by atoms with Crippen LogP contribution in [0.5, 0.6) is 0 Å². The smallest absolute Gasteiger partial charge is 0.386 e. The molecule has 3 rings (SSSR count). The number of aliphatic hydroxyl groups is 2. The number of nitrogens with one attached hydrogen (secondary N) is 2. The molecule has 24 nitrogen and oxygen atoms in total. The molecule has 8 atom stereocenters. The monoisotopic (exact) mass is 996 g/mol. The zero-order valence-electron chi connectivity index (χ0n) is 39.9. The molecule has 3 unspecified atom stereocenters. The number of phosphoric ester groups is 3. The van der Waals surface area contributed by atoms with Crippen LogP contribution in [-0.4, -0.2) is 118 Å². The number of carbonyl (C=O) groups excluding carboxylic acids is 2. The van der Waals surface area contributed by atoms with Crippen molar-refractivity contribution in [2.75, 3.05) is 32.2 Å². The van der Waals surface area contributed by atoms with Gasteiger partial charge in [-0.3, -0.25) is 27.7 Å². The number of anilines is 1. The van der Waals surface area contributed by atoms with Crippen molar-refractivity contribution in [3.63, 3.8) is 0 Å². The van der Waals surface area contributed by atoms with Gasteiger partial charge in [-0.05, 0) is 13.3 Å². The molecule has 1 aliphatic heterocycles. The summed E-state index contributed by atoms with van der Waals surface area (Å²) in [5.74, 6) is -1.39. The first-order valence-corrected chi connectivity index (χ1v) is 26.1. The molecular weight excluding hydrogens is 928 g/mol. The number of phosphoric acid groups is 3. The van der Waals surface area contributed by atoms with Gasteiger partial charge in [0.25, 0.3) is 0 Å². The predicted octanol–water partition coefficient (Wildman–Crippen LogP) is -4.74. The van der Waals surface area contributed by atoms with E-state index < -0.39 is 84.6 Å². The maximum absolute atomic E-state index is 12.7. The number of nitrogens with two attached hydrogens (primary N) is 1. The molecule has 2 aromatic heterocycles. The third kappa shape index (κ3) is 24.5. The number of hydrogen-bond donors (Lipinski definition) is 9. The Morgan fingerprint density at radius 1 is 0.881 bits per heavy atom. The molecule has 1 aliphatic rings. The first-order chi connectivity index (χ1) is 30.1. The van der Waals surface area contributed by atoms with Crippen LogP contribution in [0.2, 0.25) is 0 Å². The molecule has 0 aromatic carbocycles. The molecule has 0 radical (unpaired) electrons. The van der Waals surface area contributed by atoms with Gasteiger partial charge in [-0.2, -0.15) is 4.31 Å². The van der Waals surface area contributed by atoms with Gasteiger partial charge in [-0.15, -0.1) is 0 Å². The number of ether oxygens (including phenoxy) is 2. The summed E-state index contributed by atoms with van der Waals surface area (Å²) < 4.78 is 68.1. The zero-order chi connectivity index (χ0) is 47.6. The van der Waals surface area contributed by atoms with Gasteiger partial charge in [0, 0.05) is 18.4 Å². The molecule has 1 saturated heterocycles. The van der Waals surface area contributed by atoms with Crippen LogP contribution < -0.4 is 72.9 Å². The van der Waals surface area contributed by atoms with Crippen LogP contribution in [0.1, 0.15) is 130 Å². The minimum absolute atomic E-state index is 0. The third-order valence-corrected chi connectivity index (χ3v) is 13.5. The largest absolute Gasteiger partial charge is 1.00 e. The molecule has 0 bridgehead atoms. The van der Waals surface area contributed by atoms with Gasteiger partial charge >= 0.3 is 80.0 Å². The molecule has 368 valence electrons. The normalized spacial score (nSPS) is 20.1. The fourth-order valence-corrected chi connectivity index (χ4v) is 9.57. The number of fused-ring (bicyclic) bond motifs is 1. The molecule has 2 aromatic rings. The van der Waals surface area contributed by atoms with E-state index in [9.17, 15) is 53.1 Å². The van der Waals surface area contributed by atoms with Crippen LogP contribution in [0, 0.1) is 5.41 Å². The molecule has 0 saturated carbocycles. The second-order valence-corrected chi connectivity index (χ2v) is 20.7.